The minimum Gasteiger partial charge on any atom is -0.367 e. The summed E-state index contributed by atoms with van der Waals surface area (Å²) in [5.41, 5.74) is 6.64. The van der Waals surface area contributed by atoms with Gasteiger partial charge in [0, 0.05) is 25.5 Å². The molecule has 2 N–H and O–H groups in total. The highest BCUT2D eigenvalue weighted by Crippen LogP contribution is 2.02. The standard InChI is InChI=1S/C9H14N6/c1-14-6-11-5-8(14)3-2-4-15-7-12-9(10)13-15/h5-7H,2-4H2,1H3,(H2,10,13). The Morgan fingerprint density at radius 3 is 2.87 bits per heavy atom. The van der Waals surface area contributed by atoms with Crippen LogP contribution in [0.15, 0.2) is 18.9 Å². The van der Waals surface area contributed by atoms with Crippen molar-refractivity contribution in [2.24, 2.45) is 7.05 Å². The third kappa shape index (κ3) is 2.34. The maximum atomic E-state index is 5.41. The summed E-state index contributed by atoms with van der Waals surface area (Å²) in [4.78, 5) is 7.92. The number of hydrogen-bond acceptors (Lipinski definition) is 4. The molecule has 6 nitrogen and oxygen atoms in total. The van der Waals surface area contributed by atoms with E-state index < -0.39 is 0 Å². The molecule has 0 aliphatic rings. The number of aryl methyl sites for hydroxylation is 3. The smallest absolute Gasteiger partial charge is 0.239 e. The third-order valence-corrected chi connectivity index (χ3v) is 2.29. The molecule has 2 aromatic rings. The zero-order chi connectivity index (χ0) is 10.7. The van der Waals surface area contributed by atoms with Crippen LogP contribution in [-0.4, -0.2) is 24.3 Å². The summed E-state index contributed by atoms with van der Waals surface area (Å²) >= 11 is 0. The van der Waals surface area contributed by atoms with Gasteiger partial charge in [0.25, 0.3) is 0 Å². The first-order valence-electron chi connectivity index (χ1n) is 4.86. The lowest BCUT2D eigenvalue weighted by molar-refractivity contribution is 0.570. The zero-order valence-electron chi connectivity index (χ0n) is 8.67. The van der Waals surface area contributed by atoms with Crippen LogP contribution in [0, 0.1) is 0 Å². The van der Waals surface area contributed by atoms with E-state index in [1.54, 1.807) is 11.0 Å². The molecule has 0 atom stereocenters. The Bertz CT molecular complexity index is 429. The van der Waals surface area contributed by atoms with Gasteiger partial charge in [-0.3, -0.25) is 4.68 Å². The first-order valence-corrected chi connectivity index (χ1v) is 4.86. The van der Waals surface area contributed by atoms with E-state index in [1.165, 1.54) is 5.69 Å². The Kier molecular flexibility index (Phi) is 2.66. The SMILES string of the molecule is Cn1cncc1CCCn1cnc(N)n1. The van der Waals surface area contributed by atoms with Crippen molar-refractivity contribution in [1.82, 2.24) is 24.3 Å². The third-order valence-electron chi connectivity index (χ3n) is 2.29. The molecule has 6 heteroatoms. The van der Waals surface area contributed by atoms with E-state index in [4.69, 9.17) is 5.73 Å². The van der Waals surface area contributed by atoms with Gasteiger partial charge in [0.15, 0.2) is 0 Å². The number of hydrogen-bond donors (Lipinski definition) is 1. The van der Waals surface area contributed by atoms with Gasteiger partial charge >= 0.3 is 0 Å². The van der Waals surface area contributed by atoms with Crippen LogP contribution in [0.1, 0.15) is 12.1 Å². The summed E-state index contributed by atoms with van der Waals surface area (Å²) < 4.78 is 3.78. The van der Waals surface area contributed by atoms with Crippen molar-refractivity contribution in [2.45, 2.75) is 19.4 Å². The fourth-order valence-corrected chi connectivity index (χ4v) is 1.46. The zero-order valence-corrected chi connectivity index (χ0v) is 8.67. The van der Waals surface area contributed by atoms with E-state index in [-0.39, 0.29) is 0 Å². The first kappa shape index (κ1) is 9.70. The molecule has 0 fully saturated rings. The van der Waals surface area contributed by atoms with Crippen molar-refractivity contribution in [1.29, 1.82) is 0 Å². The number of nitrogen functional groups attached to an aromatic ring is 1. The number of nitrogens with zero attached hydrogens (tertiary/aromatic N) is 5. The maximum absolute atomic E-state index is 5.41. The van der Waals surface area contributed by atoms with Crippen molar-refractivity contribution in [2.75, 3.05) is 5.73 Å². The monoisotopic (exact) mass is 206 g/mol. The Morgan fingerprint density at radius 1 is 1.40 bits per heavy atom. The van der Waals surface area contributed by atoms with Gasteiger partial charge in [0.1, 0.15) is 6.33 Å². The Labute approximate surface area is 87.8 Å². The predicted molar refractivity (Wildman–Crippen MR) is 56.0 cm³/mol. The Morgan fingerprint density at radius 2 is 2.27 bits per heavy atom. The van der Waals surface area contributed by atoms with Gasteiger partial charge in [-0.05, 0) is 12.8 Å². The fraction of sp³-hybridized carbons (Fsp3) is 0.444. The van der Waals surface area contributed by atoms with Crippen LogP contribution < -0.4 is 5.73 Å². The van der Waals surface area contributed by atoms with E-state index in [0.29, 0.717) is 5.95 Å². The number of rotatable bonds is 4. The molecule has 2 heterocycles. The maximum Gasteiger partial charge on any atom is 0.239 e. The fourth-order valence-electron chi connectivity index (χ4n) is 1.46. The predicted octanol–water partition coefficient (Wildman–Crippen LogP) is 0.227. The van der Waals surface area contributed by atoms with Crippen molar-refractivity contribution in [3.05, 3.63) is 24.5 Å². The van der Waals surface area contributed by atoms with Crippen molar-refractivity contribution >= 4 is 5.95 Å². The normalized spacial score (nSPS) is 10.7. The van der Waals surface area contributed by atoms with E-state index in [2.05, 4.69) is 15.1 Å². The lowest BCUT2D eigenvalue weighted by Gasteiger charge is -2.01. The molecule has 0 bridgehead atoms. The van der Waals surface area contributed by atoms with E-state index in [0.717, 1.165) is 19.4 Å². The molecular weight excluding hydrogens is 192 g/mol. The van der Waals surface area contributed by atoms with E-state index in [1.807, 2.05) is 24.1 Å². The summed E-state index contributed by atoms with van der Waals surface area (Å²) in [6.45, 7) is 0.829. The molecule has 0 saturated heterocycles. The van der Waals surface area contributed by atoms with Crippen LogP contribution in [0.3, 0.4) is 0 Å². The molecule has 2 aromatic heterocycles. The second-order valence-corrected chi connectivity index (χ2v) is 3.47. The highest BCUT2D eigenvalue weighted by molar-refractivity contribution is 5.09. The van der Waals surface area contributed by atoms with Gasteiger partial charge in [-0.1, -0.05) is 0 Å². The van der Waals surface area contributed by atoms with Gasteiger partial charge in [-0.2, -0.15) is 0 Å². The molecule has 0 saturated carbocycles. The van der Waals surface area contributed by atoms with E-state index >= 15 is 0 Å². The van der Waals surface area contributed by atoms with Gasteiger partial charge < -0.3 is 10.3 Å². The van der Waals surface area contributed by atoms with Crippen LogP contribution in [0.4, 0.5) is 5.95 Å². The Hall–Kier alpha value is -1.85. The van der Waals surface area contributed by atoms with Gasteiger partial charge in [-0.15, -0.1) is 5.10 Å². The molecular formula is C9H14N6. The van der Waals surface area contributed by atoms with Crippen molar-refractivity contribution in [3.63, 3.8) is 0 Å². The van der Waals surface area contributed by atoms with Gasteiger partial charge in [-0.25, -0.2) is 9.97 Å². The summed E-state index contributed by atoms with van der Waals surface area (Å²) in [7, 11) is 2.00. The highest BCUT2D eigenvalue weighted by Gasteiger charge is 1.99. The van der Waals surface area contributed by atoms with E-state index in [9.17, 15) is 0 Å². The van der Waals surface area contributed by atoms with Gasteiger partial charge in [0.05, 0.1) is 6.33 Å². The van der Waals surface area contributed by atoms with Crippen LogP contribution in [0.2, 0.25) is 0 Å². The number of anilines is 1. The van der Waals surface area contributed by atoms with Gasteiger partial charge in [0.2, 0.25) is 5.95 Å². The largest absolute Gasteiger partial charge is 0.367 e. The molecule has 0 amide bonds. The summed E-state index contributed by atoms with van der Waals surface area (Å²) in [5, 5.41) is 4.01. The number of imidazole rings is 1. The average Bonchev–Trinajstić information content (AvgIpc) is 2.77. The summed E-state index contributed by atoms with van der Waals surface area (Å²) in [6, 6.07) is 0. The lowest BCUT2D eigenvalue weighted by atomic mass is 10.2. The second-order valence-electron chi connectivity index (χ2n) is 3.47. The van der Waals surface area contributed by atoms with Crippen molar-refractivity contribution in [3.8, 4) is 0 Å². The molecule has 0 unspecified atom stereocenters. The second kappa shape index (κ2) is 4.12. The molecule has 0 aliphatic carbocycles. The van der Waals surface area contributed by atoms with Crippen LogP contribution in [0.25, 0.3) is 0 Å². The molecule has 80 valence electrons. The molecule has 0 aromatic carbocycles. The average molecular weight is 206 g/mol. The lowest BCUT2D eigenvalue weighted by Crippen LogP contribution is -2.03. The number of aromatic nitrogens is 5. The van der Waals surface area contributed by atoms with Crippen molar-refractivity contribution < 1.29 is 0 Å². The minimum atomic E-state index is 0.329. The summed E-state index contributed by atoms with van der Waals surface area (Å²) in [5.74, 6) is 0.329. The number of nitrogens with two attached hydrogens (primary N) is 1. The molecule has 0 aliphatic heterocycles. The first-order chi connectivity index (χ1) is 7.25. The Balaban J connectivity index is 1.83. The van der Waals surface area contributed by atoms with Crippen LogP contribution in [-0.2, 0) is 20.0 Å². The molecule has 0 radical (unpaired) electrons. The minimum absolute atomic E-state index is 0.329. The molecule has 15 heavy (non-hydrogen) atoms. The quantitative estimate of drug-likeness (QED) is 0.776. The summed E-state index contributed by atoms with van der Waals surface area (Å²) in [6.07, 6.45) is 7.33. The molecule has 2 rings (SSSR count). The van der Waals surface area contributed by atoms with Crippen LogP contribution in [0.5, 0.6) is 0 Å². The molecule has 0 spiro atoms. The topological polar surface area (TPSA) is 74.5 Å². The highest BCUT2D eigenvalue weighted by atomic mass is 15.3. The van der Waals surface area contributed by atoms with Crippen LogP contribution >= 0.6 is 0 Å².